The molecule has 6 rings (SSSR count). The molecule has 11 heteroatoms. The van der Waals surface area contributed by atoms with E-state index in [0.29, 0.717) is 23.1 Å². The predicted octanol–water partition coefficient (Wildman–Crippen LogP) is 4.58. The lowest BCUT2D eigenvalue weighted by Gasteiger charge is -2.24. The highest BCUT2D eigenvalue weighted by atomic mass is 16.5. The minimum Gasteiger partial charge on any atom is -0.496 e. The summed E-state index contributed by atoms with van der Waals surface area (Å²) in [5.74, 6) is 0.569. The first-order chi connectivity index (χ1) is 21.6. The van der Waals surface area contributed by atoms with E-state index in [4.69, 9.17) is 9.47 Å². The number of ketones is 1. The van der Waals surface area contributed by atoms with Crippen molar-refractivity contribution in [3.8, 4) is 22.9 Å². The van der Waals surface area contributed by atoms with Gasteiger partial charge in [0.15, 0.2) is 11.6 Å². The largest absolute Gasteiger partial charge is 0.496 e. The fourth-order valence-electron chi connectivity index (χ4n) is 5.24. The Balaban J connectivity index is 1.40. The molecule has 11 nitrogen and oxygen atoms in total. The van der Waals surface area contributed by atoms with Crippen LogP contribution in [0, 0.1) is 0 Å². The van der Waals surface area contributed by atoms with Gasteiger partial charge in [0.05, 0.1) is 37.4 Å². The Morgan fingerprint density at radius 2 is 0.977 bits per heavy atom. The number of aromatic nitrogens is 8. The summed E-state index contributed by atoms with van der Waals surface area (Å²) in [6.45, 7) is 0. The highest BCUT2D eigenvalue weighted by molar-refractivity contribution is 5.93. The predicted molar refractivity (Wildman–Crippen MR) is 162 cm³/mol. The lowest BCUT2D eigenvalue weighted by Crippen LogP contribution is -2.26. The van der Waals surface area contributed by atoms with Crippen LogP contribution in [0.1, 0.15) is 34.6 Å². The van der Waals surface area contributed by atoms with Crippen molar-refractivity contribution in [3.63, 3.8) is 0 Å². The number of nitrogens with zero attached hydrogens (tertiary/aromatic N) is 8. The maximum atomic E-state index is 14.9. The van der Waals surface area contributed by atoms with Gasteiger partial charge in [0.2, 0.25) is 0 Å². The molecule has 4 aromatic carbocycles. The van der Waals surface area contributed by atoms with Gasteiger partial charge in [-0.2, -0.15) is 0 Å². The van der Waals surface area contributed by atoms with Gasteiger partial charge in [-0.15, -0.1) is 30.0 Å². The Morgan fingerprint density at radius 1 is 0.591 bits per heavy atom. The molecular weight excluding hydrogens is 556 g/mol. The summed E-state index contributed by atoms with van der Waals surface area (Å²) in [4.78, 5) is 17.8. The minimum atomic E-state index is -0.682. The molecule has 0 amide bonds. The van der Waals surface area contributed by atoms with Crippen molar-refractivity contribution in [1.29, 1.82) is 0 Å². The zero-order valence-corrected chi connectivity index (χ0v) is 24.3. The van der Waals surface area contributed by atoms with Crippen LogP contribution in [0.15, 0.2) is 109 Å². The van der Waals surface area contributed by atoms with Gasteiger partial charge in [-0.3, -0.25) is 4.79 Å². The molecule has 2 heterocycles. The van der Waals surface area contributed by atoms with E-state index in [9.17, 15) is 4.79 Å². The van der Waals surface area contributed by atoms with Crippen molar-refractivity contribution in [3.05, 3.63) is 132 Å². The summed E-state index contributed by atoms with van der Waals surface area (Å²) in [6.07, 6.45) is 0.393. The van der Waals surface area contributed by atoms with Crippen molar-refractivity contribution >= 4 is 5.78 Å². The fourth-order valence-corrected chi connectivity index (χ4v) is 5.24. The third-order valence-electron chi connectivity index (χ3n) is 7.37. The number of hydrogen-bond donors (Lipinski definition) is 0. The Hall–Kier alpha value is -5.71. The van der Waals surface area contributed by atoms with E-state index in [0.717, 1.165) is 22.5 Å². The first-order valence-corrected chi connectivity index (χ1v) is 14.1. The number of ether oxygens (including phenoxy) is 2. The second kappa shape index (κ2) is 13.1. The highest BCUT2D eigenvalue weighted by Gasteiger charge is 2.35. The Bertz CT molecular complexity index is 1710. The van der Waals surface area contributed by atoms with Crippen molar-refractivity contribution in [2.45, 2.75) is 24.7 Å². The normalized spacial score (nSPS) is 12.4. The average Bonchev–Trinajstić information content (AvgIpc) is 3.77. The molecule has 2 aromatic heterocycles. The summed E-state index contributed by atoms with van der Waals surface area (Å²) < 4.78 is 11.4. The molecule has 0 saturated heterocycles. The Morgan fingerprint density at radius 3 is 1.39 bits per heavy atom. The molecule has 6 aromatic rings. The monoisotopic (exact) mass is 586 g/mol. The number of hydrogen-bond acceptors (Lipinski definition) is 9. The number of carbonyl (C=O) groups is 1. The second-order valence-electron chi connectivity index (χ2n) is 10.1. The van der Waals surface area contributed by atoms with Crippen LogP contribution in [0.5, 0.6) is 11.5 Å². The first kappa shape index (κ1) is 28.4. The van der Waals surface area contributed by atoms with Crippen LogP contribution in [-0.4, -0.2) is 60.4 Å². The van der Waals surface area contributed by atoms with Crippen molar-refractivity contribution in [2.24, 2.45) is 0 Å². The van der Waals surface area contributed by atoms with E-state index in [2.05, 4.69) is 30.8 Å². The van der Waals surface area contributed by atoms with Crippen LogP contribution in [0.4, 0.5) is 0 Å². The number of rotatable bonds is 12. The zero-order chi connectivity index (χ0) is 30.3. The highest BCUT2D eigenvalue weighted by Crippen LogP contribution is 2.37. The average molecular weight is 587 g/mol. The third kappa shape index (κ3) is 6.07. The van der Waals surface area contributed by atoms with Crippen LogP contribution in [0.2, 0.25) is 0 Å². The molecule has 220 valence electrons. The number of para-hydroxylation sites is 4. The van der Waals surface area contributed by atoms with Crippen molar-refractivity contribution < 1.29 is 14.3 Å². The van der Waals surface area contributed by atoms with Gasteiger partial charge in [0.1, 0.15) is 17.3 Å². The van der Waals surface area contributed by atoms with Gasteiger partial charge < -0.3 is 9.47 Å². The quantitative estimate of drug-likeness (QED) is 0.203. The molecule has 0 aliphatic carbocycles. The molecule has 0 N–H and O–H groups in total. The SMILES string of the molecule is COc1ccccc1C(Cc1nnn(-c2ccccc2)n1)C(=O)C(Cc1nnn(-c2ccccc2)n1)c1ccccc1OC. The number of tetrazole rings is 2. The molecule has 0 aliphatic heterocycles. The summed E-state index contributed by atoms with van der Waals surface area (Å²) in [5.41, 5.74) is 2.98. The maximum Gasteiger partial charge on any atom is 0.176 e. The molecular formula is C33H30N8O3. The zero-order valence-electron chi connectivity index (χ0n) is 24.3. The topological polar surface area (TPSA) is 123 Å². The van der Waals surface area contributed by atoms with Gasteiger partial charge in [-0.1, -0.05) is 72.8 Å². The van der Waals surface area contributed by atoms with Crippen molar-refractivity contribution in [1.82, 2.24) is 40.4 Å². The number of methoxy groups -OCH3 is 2. The molecule has 0 aliphatic rings. The summed E-state index contributed by atoms with van der Waals surface area (Å²) in [6, 6.07) is 34.0. The summed E-state index contributed by atoms with van der Waals surface area (Å²) >= 11 is 0. The van der Waals surface area contributed by atoms with Crippen LogP contribution >= 0.6 is 0 Å². The number of benzene rings is 4. The van der Waals surface area contributed by atoms with Gasteiger partial charge in [-0.25, -0.2) is 0 Å². The van der Waals surface area contributed by atoms with E-state index in [1.165, 1.54) is 9.59 Å². The van der Waals surface area contributed by atoms with Gasteiger partial charge in [0.25, 0.3) is 0 Å². The molecule has 0 radical (unpaired) electrons. The van der Waals surface area contributed by atoms with E-state index < -0.39 is 11.8 Å². The molecule has 0 spiro atoms. The fraction of sp³-hybridized carbons (Fsp3) is 0.182. The Kier molecular flexibility index (Phi) is 8.44. The smallest absolute Gasteiger partial charge is 0.176 e. The van der Waals surface area contributed by atoms with Gasteiger partial charge in [0, 0.05) is 24.0 Å². The van der Waals surface area contributed by atoms with Crippen molar-refractivity contribution in [2.75, 3.05) is 14.2 Å². The molecule has 0 bridgehead atoms. The first-order valence-electron chi connectivity index (χ1n) is 14.1. The van der Waals surface area contributed by atoms with E-state index >= 15 is 0 Å². The Labute approximate surface area is 254 Å². The van der Waals surface area contributed by atoms with E-state index in [1.807, 2.05) is 109 Å². The third-order valence-corrected chi connectivity index (χ3v) is 7.37. The standard InChI is InChI=1S/C33H30N8O3/c1-43-29-19-11-9-17-25(29)27(21-31-34-38-40(36-31)23-13-5-3-6-14-23)33(42)28(26-18-10-12-20-30(26)44-2)22-32-35-39-41(37-32)24-15-7-4-8-16-24/h3-20,27-28H,21-22H2,1-2H3. The van der Waals surface area contributed by atoms with Crippen LogP contribution in [0.25, 0.3) is 11.4 Å². The maximum absolute atomic E-state index is 14.9. The van der Waals surface area contributed by atoms with E-state index in [1.54, 1.807) is 14.2 Å². The molecule has 0 saturated carbocycles. The second-order valence-corrected chi connectivity index (χ2v) is 10.1. The summed E-state index contributed by atoms with van der Waals surface area (Å²) in [7, 11) is 3.18. The van der Waals surface area contributed by atoms with Gasteiger partial charge >= 0.3 is 0 Å². The number of carbonyl (C=O) groups excluding carboxylic acids is 1. The van der Waals surface area contributed by atoms with Crippen LogP contribution in [0.3, 0.4) is 0 Å². The minimum absolute atomic E-state index is 0.0916. The molecule has 44 heavy (non-hydrogen) atoms. The van der Waals surface area contributed by atoms with Crippen LogP contribution < -0.4 is 9.47 Å². The molecule has 0 fully saturated rings. The molecule has 2 atom stereocenters. The number of Topliss-reactive ketones (excluding diaryl/α,β-unsaturated/α-hetero) is 1. The van der Waals surface area contributed by atoms with E-state index in [-0.39, 0.29) is 18.6 Å². The molecule has 2 unspecified atom stereocenters. The lowest BCUT2D eigenvalue weighted by atomic mass is 9.79. The van der Waals surface area contributed by atoms with Gasteiger partial charge in [-0.05, 0) is 46.8 Å². The van der Waals surface area contributed by atoms with Crippen LogP contribution in [-0.2, 0) is 17.6 Å². The lowest BCUT2D eigenvalue weighted by molar-refractivity contribution is -0.122. The summed E-state index contributed by atoms with van der Waals surface area (Å²) in [5, 5.41) is 26.3.